The van der Waals surface area contributed by atoms with E-state index in [-0.39, 0.29) is 17.1 Å². The largest absolute Gasteiger partial charge is 0.504 e. The first-order chi connectivity index (χ1) is 14.1. The van der Waals surface area contributed by atoms with Crippen molar-refractivity contribution < 1.29 is 10.2 Å². The molecule has 0 aliphatic heterocycles. The molecule has 0 spiro atoms. The quantitative estimate of drug-likeness (QED) is 0.450. The Morgan fingerprint density at radius 1 is 0.724 bits per heavy atom. The van der Waals surface area contributed by atoms with Crippen molar-refractivity contribution in [2.45, 2.75) is 0 Å². The molecule has 3 N–H and O–H groups in total. The molecule has 3 aromatic carbocycles. The van der Waals surface area contributed by atoms with Gasteiger partial charge in [-0.25, -0.2) is 0 Å². The van der Waals surface area contributed by atoms with Crippen LogP contribution in [0.4, 0.5) is 0 Å². The summed E-state index contributed by atoms with van der Waals surface area (Å²) in [6.45, 7) is 0. The molecule has 0 saturated carbocycles. The molecule has 0 bridgehead atoms. The normalized spacial score (nSPS) is 10.4. The van der Waals surface area contributed by atoms with Crippen LogP contribution in [0, 0.1) is 11.3 Å². The number of phenols is 2. The Hall–Kier alpha value is -4.30. The Bertz CT molecular complexity index is 1280. The van der Waals surface area contributed by atoms with Gasteiger partial charge in [0.1, 0.15) is 11.6 Å². The zero-order valence-corrected chi connectivity index (χ0v) is 15.3. The molecule has 0 unspecified atom stereocenters. The molecule has 0 radical (unpaired) electrons. The number of H-pyrrole nitrogens is 1. The SMILES string of the molecule is N#Cc1c(-c2ccc(O)c(O)c2)cc(-c2ccc(-c3ccccc3)cc2)[nH]c1=O. The summed E-state index contributed by atoms with van der Waals surface area (Å²) in [4.78, 5) is 15.2. The lowest BCUT2D eigenvalue weighted by molar-refractivity contribution is 0.404. The number of aromatic nitrogens is 1. The number of nitriles is 1. The van der Waals surface area contributed by atoms with Crippen LogP contribution in [0.5, 0.6) is 11.5 Å². The molecule has 4 aromatic rings. The van der Waals surface area contributed by atoms with Gasteiger partial charge < -0.3 is 15.2 Å². The second kappa shape index (κ2) is 7.37. The summed E-state index contributed by atoms with van der Waals surface area (Å²) in [6.07, 6.45) is 0. The van der Waals surface area contributed by atoms with Crippen LogP contribution in [-0.4, -0.2) is 15.2 Å². The fraction of sp³-hybridized carbons (Fsp3) is 0. The molecule has 4 rings (SSSR count). The van der Waals surface area contributed by atoms with Gasteiger partial charge in [-0.2, -0.15) is 5.26 Å². The van der Waals surface area contributed by atoms with Crippen molar-refractivity contribution in [1.29, 1.82) is 5.26 Å². The van der Waals surface area contributed by atoms with Crippen LogP contribution in [0.15, 0.2) is 83.7 Å². The first-order valence-corrected chi connectivity index (χ1v) is 8.92. The van der Waals surface area contributed by atoms with Crippen molar-refractivity contribution >= 4 is 0 Å². The molecule has 0 amide bonds. The summed E-state index contributed by atoms with van der Waals surface area (Å²) >= 11 is 0. The highest BCUT2D eigenvalue weighted by molar-refractivity contribution is 5.77. The number of hydrogen-bond acceptors (Lipinski definition) is 4. The predicted molar refractivity (Wildman–Crippen MR) is 111 cm³/mol. The van der Waals surface area contributed by atoms with Crippen LogP contribution >= 0.6 is 0 Å². The molecule has 0 atom stereocenters. The Balaban J connectivity index is 1.81. The standard InChI is InChI=1S/C24H16N2O3/c25-14-20-19(18-10-11-22(27)23(28)12-18)13-21(26-24(20)29)17-8-6-16(7-9-17)15-4-2-1-3-5-15/h1-13,27-28H,(H,26,29). The van der Waals surface area contributed by atoms with Gasteiger partial charge in [0.15, 0.2) is 11.5 Å². The zero-order chi connectivity index (χ0) is 20.4. The Labute approximate surface area is 166 Å². The fourth-order valence-electron chi connectivity index (χ4n) is 3.22. The summed E-state index contributed by atoms with van der Waals surface area (Å²) in [6, 6.07) is 25.5. The lowest BCUT2D eigenvalue weighted by atomic mass is 9.97. The minimum atomic E-state index is -0.514. The van der Waals surface area contributed by atoms with Crippen molar-refractivity contribution in [2.24, 2.45) is 0 Å². The molecule has 140 valence electrons. The van der Waals surface area contributed by atoms with Crippen LogP contribution in [0.25, 0.3) is 33.5 Å². The van der Waals surface area contributed by atoms with E-state index in [4.69, 9.17) is 0 Å². The van der Waals surface area contributed by atoms with E-state index in [2.05, 4.69) is 4.98 Å². The molecule has 0 fully saturated rings. The maximum Gasteiger partial charge on any atom is 0.266 e. The highest BCUT2D eigenvalue weighted by Crippen LogP contribution is 2.33. The highest BCUT2D eigenvalue weighted by Gasteiger charge is 2.14. The molecule has 5 heteroatoms. The Morgan fingerprint density at radius 2 is 1.34 bits per heavy atom. The summed E-state index contributed by atoms with van der Waals surface area (Å²) in [7, 11) is 0. The van der Waals surface area contributed by atoms with E-state index in [1.165, 1.54) is 12.1 Å². The number of aromatic amines is 1. The van der Waals surface area contributed by atoms with E-state index in [0.29, 0.717) is 16.8 Å². The molecular formula is C24H16N2O3. The molecule has 5 nitrogen and oxygen atoms in total. The smallest absolute Gasteiger partial charge is 0.266 e. The summed E-state index contributed by atoms with van der Waals surface area (Å²) < 4.78 is 0. The molecule has 1 heterocycles. The summed E-state index contributed by atoms with van der Waals surface area (Å²) in [5, 5.41) is 28.8. The third kappa shape index (κ3) is 3.47. The first kappa shape index (κ1) is 18.1. The average Bonchev–Trinajstić information content (AvgIpc) is 2.76. The fourth-order valence-corrected chi connectivity index (χ4v) is 3.22. The lowest BCUT2D eigenvalue weighted by Gasteiger charge is -2.10. The molecule has 29 heavy (non-hydrogen) atoms. The highest BCUT2D eigenvalue weighted by atomic mass is 16.3. The van der Waals surface area contributed by atoms with Crippen LogP contribution < -0.4 is 5.56 Å². The summed E-state index contributed by atoms with van der Waals surface area (Å²) in [5.74, 6) is -0.589. The van der Waals surface area contributed by atoms with Crippen LogP contribution in [0.3, 0.4) is 0 Å². The number of nitrogens with one attached hydrogen (secondary N) is 1. The van der Waals surface area contributed by atoms with Gasteiger partial charge in [0.2, 0.25) is 0 Å². The topological polar surface area (TPSA) is 97.1 Å². The van der Waals surface area contributed by atoms with E-state index in [1.54, 1.807) is 12.1 Å². The van der Waals surface area contributed by atoms with Gasteiger partial charge in [0, 0.05) is 11.3 Å². The molecule has 0 aliphatic rings. The van der Waals surface area contributed by atoms with Crippen LogP contribution in [0.2, 0.25) is 0 Å². The van der Waals surface area contributed by atoms with Gasteiger partial charge in [-0.1, -0.05) is 60.7 Å². The monoisotopic (exact) mass is 380 g/mol. The van der Waals surface area contributed by atoms with Crippen molar-refractivity contribution in [3.05, 3.63) is 94.8 Å². The Kier molecular flexibility index (Phi) is 4.60. The van der Waals surface area contributed by atoms with E-state index < -0.39 is 5.56 Å². The maximum absolute atomic E-state index is 12.5. The zero-order valence-electron chi connectivity index (χ0n) is 15.3. The Morgan fingerprint density at radius 3 is 2.00 bits per heavy atom. The average molecular weight is 380 g/mol. The number of nitrogens with zero attached hydrogens (tertiary/aromatic N) is 1. The second-order valence-electron chi connectivity index (χ2n) is 6.56. The number of aromatic hydroxyl groups is 2. The maximum atomic E-state index is 12.5. The number of hydrogen-bond donors (Lipinski definition) is 3. The number of rotatable bonds is 3. The van der Waals surface area contributed by atoms with E-state index >= 15 is 0 Å². The third-order valence-corrected chi connectivity index (χ3v) is 4.73. The van der Waals surface area contributed by atoms with Gasteiger partial charge in [0.05, 0.1) is 0 Å². The van der Waals surface area contributed by atoms with E-state index in [0.717, 1.165) is 16.7 Å². The van der Waals surface area contributed by atoms with Gasteiger partial charge in [0.25, 0.3) is 5.56 Å². The van der Waals surface area contributed by atoms with Gasteiger partial charge in [-0.3, -0.25) is 4.79 Å². The minimum absolute atomic E-state index is 0.0558. The number of phenolic OH excluding ortho intramolecular Hbond substituents is 2. The van der Waals surface area contributed by atoms with Gasteiger partial charge in [-0.15, -0.1) is 0 Å². The predicted octanol–water partition coefficient (Wildman–Crippen LogP) is 4.66. The molecule has 0 saturated heterocycles. The van der Waals surface area contributed by atoms with Crippen LogP contribution in [-0.2, 0) is 0 Å². The van der Waals surface area contributed by atoms with Gasteiger partial charge in [-0.05, 0) is 40.5 Å². The first-order valence-electron chi connectivity index (χ1n) is 8.92. The number of benzene rings is 3. The molecule has 1 aromatic heterocycles. The third-order valence-electron chi connectivity index (χ3n) is 4.73. The summed E-state index contributed by atoms with van der Waals surface area (Å²) in [5.41, 5.74) is 3.76. The van der Waals surface area contributed by atoms with Crippen molar-refractivity contribution in [3.63, 3.8) is 0 Å². The molecule has 0 aliphatic carbocycles. The van der Waals surface area contributed by atoms with Crippen molar-refractivity contribution in [1.82, 2.24) is 4.98 Å². The molecular weight excluding hydrogens is 364 g/mol. The van der Waals surface area contributed by atoms with Crippen molar-refractivity contribution in [2.75, 3.05) is 0 Å². The van der Waals surface area contributed by atoms with Gasteiger partial charge >= 0.3 is 0 Å². The minimum Gasteiger partial charge on any atom is -0.504 e. The van der Waals surface area contributed by atoms with Crippen molar-refractivity contribution in [3.8, 4) is 51.1 Å². The lowest BCUT2D eigenvalue weighted by Crippen LogP contribution is -2.12. The van der Waals surface area contributed by atoms with E-state index in [1.807, 2.05) is 60.7 Å². The number of pyridine rings is 1. The van der Waals surface area contributed by atoms with E-state index in [9.17, 15) is 20.3 Å². The van der Waals surface area contributed by atoms with Crippen LogP contribution in [0.1, 0.15) is 5.56 Å². The second-order valence-corrected chi connectivity index (χ2v) is 6.56.